The Labute approximate surface area is 127 Å². The van der Waals surface area contributed by atoms with Crippen molar-refractivity contribution < 1.29 is 30.7 Å². The van der Waals surface area contributed by atoms with Crippen molar-refractivity contribution >= 4 is 12.2 Å². The quantitative estimate of drug-likeness (QED) is 0.379. The van der Waals surface area contributed by atoms with E-state index < -0.39 is 46.3 Å². The van der Waals surface area contributed by atoms with E-state index in [1.807, 2.05) is 0 Å². The van der Waals surface area contributed by atoms with Gasteiger partial charge in [-0.05, 0) is 12.1 Å². The Morgan fingerprint density at radius 2 is 0.913 bits per heavy atom. The van der Waals surface area contributed by atoms with Crippen molar-refractivity contribution in [2.75, 3.05) is 0 Å². The summed E-state index contributed by atoms with van der Waals surface area (Å²) >= 11 is 0. The highest BCUT2D eigenvalue weighted by Gasteiger charge is 2.23. The molecule has 0 amide bonds. The van der Waals surface area contributed by atoms with E-state index in [4.69, 9.17) is 0 Å². The van der Waals surface area contributed by atoms with Crippen LogP contribution in [0, 0.1) is 40.7 Å². The van der Waals surface area contributed by atoms with E-state index in [0.717, 1.165) is 6.08 Å². The van der Waals surface area contributed by atoms with Crippen LogP contribution in [0.15, 0.2) is 31.4 Å². The fraction of sp³-hybridized carbons (Fsp3) is 0. The van der Waals surface area contributed by atoms with Crippen molar-refractivity contribution in [2.24, 2.45) is 0 Å². The summed E-state index contributed by atoms with van der Waals surface area (Å²) in [7, 11) is 0. The van der Waals surface area contributed by atoms with Gasteiger partial charge in [0.25, 0.3) is 0 Å². The van der Waals surface area contributed by atoms with E-state index in [9.17, 15) is 30.7 Å². The van der Waals surface area contributed by atoms with Crippen LogP contribution >= 0.6 is 0 Å². The molecule has 0 aliphatic carbocycles. The Bertz CT molecular complexity index is 701. The summed E-state index contributed by atoms with van der Waals surface area (Å²) in [6.45, 7) is 6.20. The molecule has 2 rings (SSSR count). The highest BCUT2D eigenvalue weighted by Crippen LogP contribution is 2.23. The van der Waals surface area contributed by atoms with Crippen molar-refractivity contribution in [2.45, 2.75) is 0 Å². The molecular formula is C16H9F7. The molecule has 0 aliphatic rings. The minimum Gasteiger partial charge on any atom is -0.206 e. The highest BCUT2D eigenvalue weighted by molar-refractivity contribution is 5.49. The summed E-state index contributed by atoms with van der Waals surface area (Å²) < 4.78 is 87.4. The maximum atomic E-state index is 12.6. The van der Waals surface area contributed by atoms with Crippen LogP contribution in [-0.4, -0.2) is 0 Å². The van der Waals surface area contributed by atoms with E-state index in [1.165, 1.54) is 18.2 Å². The average Bonchev–Trinajstić information content (AvgIpc) is 2.52. The van der Waals surface area contributed by atoms with Gasteiger partial charge in [-0.25, -0.2) is 30.7 Å². The van der Waals surface area contributed by atoms with Crippen LogP contribution in [0.1, 0.15) is 11.1 Å². The minimum absolute atomic E-state index is 0.0671. The molecule has 23 heavy (non-hydrogen) atoms. The fourth-order valence-electron chi connectivity index (χ4n) is 1.51. The van der Waals surface area contributed by atoms with Crippen molar-refractivity contribution in [3.63, 3.8) is 0 Å². The summed E-state index contributed by atoms with van der Waals surface area (Å²) in [6.07, 6.45) is 1.72. The maximum absolute atomic E-state index is 12.6. The third-order valence-electron chi connectivity index (χ3n) is 2.65. The number of rotatable bonds is 2. The molecule has 0 fully saturated rings. The van der Waals surface area contributed by atoms with Gasteiger partial charge in [0.05, 0.1) is 5.56 Å². The first kappa shape index (κ1) is 18.5. The van der Waals surface area contributed by atoms with E-state index >= 15 is 0 Å². The van der Waals surface area contributed by atoms with Crippen LogP contribution in [0.3, 0.4) is 0 Å². The van der Waals surface area contributed by atoms with Gasteiger partial charge in [-0.1, -0.05) is 31.4 Å². The van der Waals surface area contributed by atoms with Gasteiger partial charge in [0.15, 0.2) is 23.3 Å². The third-order valence-corrected chi connectivity index (χ3v) is 2.65. The summed E-state index contributed by atoms with van der Waals surface area (Å²) in [5, 5.41) is 0. The van der Waals surface area contributed by atoms with Gasteiger partial charge in [-0.2, -0.15) is 0 Å². The average molecular weight is 334 g/mol. The Morgan fingerprint density at radius 3 is 1.22 bits per heavy atom. The number of benzene rings is 2. The molecule has 0 bridgehead atoms. The van der Waals surface area contributed by atoms with Crippen molar-refractivity contribution in [3.05, 3.63) is 83.2 Å². The molecule has 122 valence electrons. The molecule has 0 spiro atoms. The third kappa shape index (κ3) is 3.80. The Hall–Kier alpha value is -2.57. The Morgan fingerprint density at radius 1 is 0.565 bits per heavy atom. The summed E-state index contributed by atoms with van der Waals surface area (Å²) in [6, 6.07) is 3.71. The normalized spacial score (nSPS) is 9.87. The van der Waals surface area contributed by atoms with Crippen molar-refractivity contribution in [3.8, 4) is 0 Å². The molecule has 0 aliphatic heterocycles. The molecule has 0 saturated carbocycles. The molecule has 0 radical (unpaired) electrons. The Balaban J connectivity index is 0.000000238. The topological polar surface area (TPSA) is 0 Å². The van der Waals surface area contributed by atoms with Crippen LogP contribution in [0.5, 0.6) is 0 Å². The lowest BCUT2D eigenvalue weighted by atomic mass is 10.1. The molecule has 0 N–H and O–H groups in total. The molecule has 0 nitrogen and oxygen atoms in total. The van der Waals surface area contributed by atoms with E-state index in [2.05, 4.69) is 13.2 Å². The lowest BCUT2D eigenvalue weighted by molar-refractivity contribution is 0.377. The molecule has 0 heterocycles. The largest absolute Gasteiger partial charge is 0.206 e. The van der Waals surface area contributed by atoms with Gasteiger partial charge < -0.3 is 0 Å². The number of hydrogen-bond acceptors (Lipinski definition) is 0. The first-order chi connectivity index (χ1) is 10.8. The lowest BCUT2D eigenvalue weighted by Gasteiger charge is -2.02. The summed E-state index contributed by atoms with van der Waals surface area (Å²) in [5.41, 5.74) is -1.08. The molecule has 7 heteroatoms. The standard InChI is InChI=1S/C8H3F5.C8H6F2/c1-2-3-4(9)6(11)8(13)7(12)5(3)10;1-2-6-7(9)4-3-5-8(6)10/h2H,1H2;2-5H,1H2. The Kier molecular flexibility index (Phi) is 6.12. The summed E-state index contributed by atoms with van der Waals surface area (Å²) in [5.74, 6) is -11.0. The minimum atomic E-state index is -2.17. The van der Waals surface area contributed by atoms with Crippen LogP contribution in [0.25, 0.3) is 12.2 Å². The SMILES string of the molecule is C=Cc1c(F)c(F)c(F)c(F)c1F.C=Cc1c(F)cccc1F. The molecule has 2 aromatic rings. The molecule has 0 unspecified atom stereocenters. The smallest absolute Gasteiger partial charge is 0.200 e. The first-order valence-electron chi connectivity index (χ1n) is 5.96. The van der Waals surface area contributed by atoms with Crippen molar-refractivity contribution in [1.29, 1.82) is 0 Å². The zero-order chi connectivity index (χ0) is 17.7. The predicted octanol–water partition coefficient (Wildman–Crippen LogP) is 5.63. The molecule has 0 saturated heterocycles. The number of hydrogen-bond donors (Lipinski definition) is 0. The second kappa shape index (κ2) is 7.62. The van der Waals surface area contributed by atoms with Crippen LogP contribution in [0.4, 0.5) is 30.7 Å². The van der Waals surface area contributed by atoms with Gasteiger partial charge in [-0.3, -0.25) is 0 Å². The second-order valence-electron chi connectivity index (χ2n) is 4.03. The molecule has 0 aromatic heterocycles. The first-order valence-corrected chi connectivity index (χ1v) is 5.96. The fourth-order valence-corrected chi connectivity index (χ4v) is 1.51. The molecular weight excluding hydrogens is 325 g/mol. The zero-order valence-corrected chi connectivity index (χ0v) is 11.4. The van der Waals surface area contributed by atoms with Gasteiger partial charge in [-0.15, -0.1) is 0 Å². The zero-order valence-electron chi connectivity index (χ0n) is 11.4. The molecule has 0 atom stereocenters. The van der Waals surface area contributed by atoms with Gasteiger partial charge in [0, 0.05) is 5.56 Å². The van der Waals surface area contributed by atoms with E-state index in [1.54, 1.807) is 0 Å². The van der Waals surface area contributed by atoms with Gasteiger partial charge >= 0.3 is 0 Å². The maximum Gasteiger partial charge on any atom is 0.200 e. The number of halogens is 7. The highest BCUT2D eigenvalue weighted by atomic mass is 19.2. The van der Waals surface area contributed by atoms with Crippen molar-refractivity contribution in [1.82, 2.24) is 0 Å². The monoisotopic (exact) mass is 334 g/mol. The van der Waals surface area contributed by atoms with Crippen LogP contribution in [0.2, 0.25) is 0 Å². The molecule has 2 aromatic carbocycles. The van der Waals surface area contributed by atoms with Crippen LogP contribution in [-0.2, 0) is 0 Å². The van der Waals surface area contributed by atoms with Gasteiger partial charge in [0.1, 0.15) is 11.6 Å². The summed E-state index contributed by atoms with van der Waals surface area (Å²) in [4.78, 5) is 0. The van der Waals surface area contributed by atoms with Crippen LogP contribution < -0.4 is 0 Å². The van der Waals surface area contributed by atoms with E-state index in [0.29, 0.717) is 6.08 Å². The van der Waals surface area contributed by atoms with Gasteiger partial charge in [0.2, 0.25) is 5.82 Å². The lowest BCUT2D eigenvalue weighted by Crippen LogP contribution is -2.03. The van der Waals surface area contributed by atoms with E-state index in [-0.39, 0.29) is 5.56 Å². The second-order valence-corrected chi connectivity index (χ2v) is 4.03. The predicted molar refractivity (Wildman–Crippen MR) is 72.8 cm³/mol.